The van der Waals surface area contributed by atoms with Crippen LogP contribution < -0.4 is 9.47 Å². The van der Waals surface area contributed by atoms with Crippen molar-refractivity contribution in [2.24, 2.45) is 0 Å². The van der Waals surface area contributed by atoms with Crippen LogP contribution in [0.4, 0.5) is 0 Å². The molecule has 164 valence electrons. The van der Waals surface area contributed by atoms with Gasteiger partial charge in [0.1, 0.15) is 11.5 Å². The summed E-state index contributed by atoms with van der Waals surface area (Å²) in [5.74, 6) is 0.374. The van der Waals surface area contributed by atoms with Crippen molar-refractivity contribution in [2.45, 2.75) is 111 Å². The quantitative estimate of drug-likeness (QED) is 0.166. The van der Waals surface area contributed by atoms with Gasteiger partial charge in [-0.05, 0) is 36.6 Å². The molecule has 0 aliphatic heterocycles. The summed E-state index contributed by atoms with van der Waals surface area (Å²) in [5.41, 5.74) is 0.919. The predicted molar refractivity (Wildman–Crippen MR) is 118 cm³/mol. The van der Waals surface area contributed by atoms with E-state index in [0.717, 1.165) is 24.8 Å². The standard InChI is InChI=1S/C25H40O4/c1-4-5-6-7-8-9-10-11-12-13-14-15-16-17-23-20-24(28-21(2)26)18-19-25(23)29-22(3)27/h18-20H,4-17H2,1-3H3. The molecule has 0 spiro atoms. The molecule has 1 rings (SSSR count). The second-order valence-electron chi connectivity index (χ2n) is 7.95. The summed E-state index contributed by atoms with van der Waals surface area (Å²) in [6.07, 6.45) is 17.9. The molecule has 0 heterocycles. The van der Waals surface area contributed by atoms with Crippen LogP contribution in [-0.4, -0.2) is 11.9 Å². The summed E-state index contributed by atoms with van der Waals surface area (Å²) < 4.78 is 10.4. The largest absolute Gasteiger partial charge is 0.427 e. The number of ether oxygens (including phenoxy) is 2. The maximum atomic E-state index is 11.3. The third kappa shape index (κ3) is 13.1. The Morgan fingerprint density at radius 2 is 1.17 bits per heavy atom. The highest BCUT2D eigenvalue weighted by Gasteiger charge is 2.09. The third-order valence-electron chi connectivity index (χ3n) is 5.10. The average molecular weight is 405 g/mol. The normalized spacial score (nSPS) is 10.7. The second kappa shape index (κ2) is 16.0. The minimum Gasteiger partial charge on any atom is -0.427 e. The van der Waals surface area contributed by atoms with Gasteiger partial charge in [-0.25, -0.2) is 0 Å². The van der Waals surface area contributed by atoms with E-state index in [1.54, 1.807) is 18.2 Å². The van der Waals surface area contributed by atoms with Crippen LogP contribution in [0.15, 0.2) is 18.2 Å². The second-order valence-corrected chi connectivity index (χ2v) is 7.95. The summed E-state index contributed by atoms with van der Waals surface area (Å²) in [6.45, 7) is 5.04. The molecular weight excluding hydrogens is 364 g/mol. The molecule has 0 radical (unpaired) electrons. The molecule has 0 saturated heterocycles. The fourth-order valence-electron chi connectivity index (χ4n) is 3.57. The van der Waals surface area contributed by atoms with Crippen molar-refractivity contribution in [3.05, 3.63) is 23.8 Å². The Labute approximate surface area is 177 Å². The maximum Gasteiger partial charge on any atom is 0.308 e. The Balaban J connectivity index is 2.21. The summed E-state index contributed by atoms with van der Waals surface area (Å²) >= 11 is 0. The van der Waals surface area contributed by atoms with Gasteiger partial charge in [0, 0.05) is 13.8 Å². The van der Waals surface area contributed by atoms with Gasteiger partial charge in [-0.15, -0.1) is 0 Å². The Bertz CT molecular complexity index is 594. The number of benzene rings is 1. The number of esters is 2. The summed E-state index contributed by atoms with van der Waals surface area (Å²) in [5, 5.41) is 0. The SMILES string of the molecule is CCCCCCCCCCCCCCCc1cc(OC(C)=O)ccc1OC(C)=O. The Morgan fingerprint density at radius 1 is 0.690 bits per heavy atom. The molecule has 29 heavy (non-hydrogen) atoms. The lowest BCUT2D eigenvalue weighted by Gasteiger charge is -2.11. The molecular formula is C25H40O4. The first-order valence-electron chi connectivity index (χ1n) is 11.5. The number of carbonyl (C=O) groups is 2. The minimum atomic E-state index is -0.350. The van der Waals surface area contributed by atoms with E-state index in [0.29, 0.717) is 11.5 Å². The van der Waals surface area contributed by atoms with Crippen LogP contribution >= 0.6 is 0 Å². The van der Waals surface area contributed by atoms with Crippen molar-refractivity contribution in [3.8, 4) is 11.5 Å². The van der Waals surface area contributed by atoms with E-state index < -0.39 is 0 Å². The first kappa shape index (κ1) is 25.2. The first-order valence-corrected chi connectivity index (χ1v) is 11.5. The zero-order chi connectivity index (χ0) is 21.3. The lowest BCUT2D eigenvalue weighted by atomic mass is 10.0. The van der Waals surface area contributed by atoms with Crippen molar-refractivity contribution in [3.63, 3.8) is 0 Å². The van der Waals surface area contributed by atoms with Gasteiger partial charge in [0.25, 0.3) is 0 Å². The lowest BCUT2D eigenvalue weighted by molar-refractivity contribution is -0.133. The topological polar surface area (TPSA) is 52.6 Å². The van der Waals surface area contributed by atoms with Crippen molar-refractivity contribution < 1.29 is 19.1 Å². The number of hydrogen-bond donors (Lipinski definition) is 0. The molecule has 0 saturated carbocycles. The highest BCUT2D eigenvalue weighted by Crippen LogP contribution is 2.27. The number of carbonyl (C=O) groups excluding carboxylic acids is 2. The van der Waals surface area contributed by atoms with Gasteiger partial charge in [0.05, 0.1) is 0 Å². The van der Waals surface area contributed by atoms with E-state index in [1.807, 2.05) is 0 Å². The van der Waals surface area contributed by atoms with E-state index in [9.17, 15) is 9.59 Å². The van der Waals surface area contributed by atoms with Crippen molar-refractivity contribution >= 4 is 11.9 Å². The highest BCUT2D eigenvalue weighted by atomic mass is 16.5. The van der Waals surface area contributed by atoms with Crippen LogP contribution in [0.2, 0.25) is 0 Å². The lowest BCUT2D eigenvalue weighted by Crippen LogP contribution is -2.06. The van der Waals surface area contributed by atoms with Crippen LogP contribution in [0.3, 0.4) is 0 Å². The fourth-order valence-corrected chi connectivity index (χ4v) is 3.57. The van der Waals surface area contributed by atoms with Crippen LogP contribution in [0.5, 0.6) is 11.5 Å². The number of hydrogen-bond acceptors (Lipinski definition) is 4. The molecule has 1 aromatic rings. The average Bonchev–Trinajstić information content (AvgIpc) is 2.66. The summed E-state index contributed by atoms with van der Waals surface area (Å²) in [7, 11) is 0. The van der Waals surface area contributed by atoms with Crippen molar-refractivity contribution in [2.75, 3.05) is 0 Å². The molecule has 0 bridgehead atoms. The first-order chi connectivity index (χ1) is 14.0. The van der Waals surface area contributed by atoms with Crippen LogP contribution in [0.25, 0.3) is 0 Å². The Kier molecular flexibility index (Phi) is 13.9. The van der Waals surface area contributed by atoms with Gasteiger partial charge in [0.15, 0.2) is 0 Å². The molecule has 0 amide bonds. The van der Waals surface area contributed by atoms with E-state index in [4.69, 9.17) is 9.47 Å². The zero-order valence-corrected chi connectivity index (χ0v) is 18.8. The van der Waals surface area contributed by atoms with E-state index in [-0.39, 0.29) is 11.9 Å². The molecule has 0 aromatic heterocycles. The van der Waals surface area contributed by atoms with E-state index in [1.165, 1.54) is 84.5 Å². The fraction of sp³-hybridized carbons (Fsp3) is 0.680. The van der Waals surface area contributed by atoms with Crippen molar-refractivity contribution in [1.29, 1.82) is 0 Å². The molecule has 0 aliphatic carbocycles. The number of rotatable bonds is 16. The molecule has 4 nitrogen and oxygen atoms in total. The minimum absolute atomic E-state index is 0.336. The number of aryl methyl sites for hydroxylation is 1. The van der Waals surface area contributed by atoms with Crippen molar-refractivity contribution in [1.82, 2.24) is 0 Å². The molecule has 0 fully saturated rings. The van der Waals surface area contributed by atoms with Gasteiger partial charge >= 0.3 is 11.9 Å². The monoisotopic (exact) mass is 404 g/mol. The Morgan fingerprint density at radius 3 is 1.66 bits per heavy atom. The molecule has 1 aromatic carbocycles. The smallest absolute Gasteiger partial charge is 0.308 e. The molecule has 4 heteroatoms. The van der Waals surface area contributed by atoms with Gasteiger partial charge < -0.3 is 9.47 Å². The van der Waals surface area contributed by atoms with Crippen LogP contribution in [0, 0.1) is 0 Å². The van der Waals surface area contributed by atoms with Gasteiger partial charge in [-0.1, -0.05) is 84.0 Å². The highest BCUT2D eigenvalue weighted by molar-refractivity contribution is 5.71. The third-order valence-corrected chi connectivity index (χ3v) is 5.10. The summed E-state index contributed by atoms with van der Waals surface area (Å²) in [6, 6.07) is 5.17. The zero-order valence-electron chi connectivity index (χ0n) is 18.8. The maximum absolute atomic E-state index is 11.3. The number of unbranched alkanes of at least 4 members (excludes halogenated alkanes) is 12. The Hall–Kier alpha value is -1.84. The van der Waals surface area contributed by atoms with E-state index >= 15 is 0 Å². The summed E-state index contributed by atoms with van der Waals surface area (Å²) in [4.78, 5) is 22.5. The van der Waals surface area contributed by atoms with E-state index in [2.05, 4.69) is 6.92 Å². The van der Waals surface area contributed by atoms with Gasteiger partial charge in [0.2, 0.25) is 0 Å². The molecule has 0 N–H and O–H groups in total. The molecule has 0 unspecified atom stereocenters. The van der Waals surface area contributed by atoms with Gasteiger partial charge in [-0.2, -0.15) is 0 Å². The molecule has 0 aliphatic rings. The van der Waals surface area contributed by atoms with Crippen LogP contribution in [0.1, 0.15) is 110 Å². The van der Waals surface area contributed by atoms with Gasteiger partial charge in [-0.3, -0.25) is 9.59 Å². The van der Waals surface area contributed by atoms with Crippen LogP contribution in [-0.2, 0) is 16.0 Å². The molecule has 0 atom stereocenters. The predicted octanol–water partition coefficient (Wildman–Crippen LogP) is 7.17.